The summed E-state index contributed by atoms with van der Waals surface area (Å²) in [6, 6.07) is 11.8. The Morgan fingerprint density at radius 3 is 2.63 bits per heavy atom. The van der Waals surface area contributed by atoms with Crippen LogP contribution in [0.15, 0.2) is 48.8 Å². The fourth-order valence-electron chi connectivity index (χ4n) is 4.19. The summed E-state index contributed by atoms with van der Waals surface area (Å²) in [7, 11) is 0. The van der Waals surface area contributed by atoms with Crippen LogP contribution in [0.4, 0.5) is 5.82 Å². The zero-order chi connectivity index (χ0) is 18.4. The number of aromatic amines is 1. The van der Waals surface area contributed by atoms with E-state index < -0.39 is 0 Å². The van der Waals surface area contributed by atoms with E-state index in [-0.39, 0.29) is 11.3 Å². The van der Waals surface area contributed by atoms with Gasteiger partial charge in [0.25, 0.3) is 0 Å². The molecule has 0 unspecified atom stereocenters. The number of fused-ring (bicyclic) bond motifs is 1. The smallest absolute Gasteiger partial charge is 0.233 e. The number of halogens is 1. The molecule has 1 amide bonds. The minimum absolute atomic E-state index is 0.254. The van der Waals surface area contributed by atoms with E-state index >= 15 is 0 Å². The predicted octanol–water partition coefficient (Wildman–Crippen LogP) is 3.60. The summed E-state index contributed by atoms with van der Waals surface area (Å²) in [6.07, 6.45) is 5.63. The molecule has 1 N–H and O–H groups in total. The van der Waals surface area contributed by atoms with Crippen molar-refractivity contribution in [2.24, 2.45) is 0 Å². The van der Waals surface area contributed by atoms with Gasteiger partial charge in [0, 0.05) is 54.5 Å². The Bertz CT molecular complexity index is 988. The average Bonchev–Trinajstić information content (AvgIpc) is 3.41. The number of aromatic nitrogens is 2. The Morgan fingerprint density at radius 1 is 1.11 bits per heavy atom. The number of anilines is 1. The van der Waals surface area contributed by atoms with Crippen LogP contribution in [0, 0.1) is 0 Å². The van der Waals surface area contributed by atoms with Crippen molar-refractivity contribution in [3.8, 4) is 0 Å². The lowest BCUT2D eigenvalue weighted by molar-refractivity contribution is -0.134. The number of nitrogens with zero attached hydrogens (tertiary/aromatic N) is 3. The van der Waals surface area contributed by atoms with Crippen molar-refractivity contribution in [3.63, 3.8) is 0 Å². The number of amides is 1. The lowest BCUT2D eigenvalue weighted by Crippen LogP contribution is -2.51. The summed E-state index contributed by atoms with van der Waals surface area (Å²) in [4.78, 5) is 25.4. The first-order valence-corrected chi connectivity index (χ1v) is 9.78. The van der Waals surface area contributed by atoms with Crippen molar-refractivity contribution in [1.29, 1.82) is 0 Å². The van der Waals surface area contributed by atoms with E-state index in [1.165, 1.54) is 0 Å². The van der Waals surface area contributed by atoms with Crippen LogP contribution < -0.4 is 4.90 Å². The molecule has 1 aromatic carbocycles. The second-order valence-corrected chi connectivity index (χ2v) is 7.88. The Hall–Kier alpha value is -2.53. The highest BCUT2D eigenvalue weighted by atomic mass is 35.5. The molecule has 0 bridgehead atoms. The topological polar surface area (TPSA) is 52.2 Å². The summed E-state index contributed by atoms with van der Waals surface area (Å²) in [5.41, 5.74) is 1.75. The van der Waals surface area contributed by atoms with Crippen LogP contribution in [0.5, 0.6) is 0 Å². The van der Waals surface area contributed by atoms with Crippen LogP contribution in [0.25, 0.3) is 10.9 Å². The van der Waals surface area contributed by atoms with Crippen LogP contribution in [0.3, 0.4) is 0 Å². The molecule has 1 saturated carbocycles. The number of carbonyl (C=O) groups excluding carboxylic acids is 1. The van der Waals surface area contributed by atoms with E-state index in [2.05, 4.69) is 14.9 Å². The molecular formula is C21H21ClN4O. The quantitative estimate of drug-likeness (QED) is 0.755. The van der Waals surface area contributed by atoms with E-state index in [9.17, 15) is 4.79 Å². The second kappa shape index (κ2) is 6.27. The maximum absolute atomic E-state index is 13.4. The Balaban J connectivity index is 1.36. The molecule has 2 aliphatic rings. The first-order chi connectivity index (χ1) is 13.2. The summed E-state index contributed by atoms with van der Waals surface area (Å²) in [5, 5.41) is 1.77. The van der Waals surface area contributed by atoms with Gasteiger partial charge in [-0.3, -0.25) is 4.79 Å². The number of H-pyrrole nitrogens is 1. The van der Waals surface area contributed by atoms with Gasteiger partial charge in [-0.05, 0) is 48.7 Å². The maximum atomic E-state index is 13.4. The van der Waals surface area contributed by atoms with Gasteiger partial charge in [-0.2, -0.15) is 0 Å². The largest absolute Gasteiger partial charge is 0.361 e. The summed E-state index contributed by atoms with van der Waals surface area (Å²) >= 11 is 6.20. The fraction of sp³-hybridized carbons (Fsp3) is 0.333. The molecule has 2 aromatic heterocycles. The van der Waals surface area contributed by atoms with Crippen LogP contribution in [-0.2, 0) is 10.2 Å². The summed E-state index contributed by atoms with van der Waals surface area (Å²) in [5.74, 6) is 1.24. The Morgan fingerprint density at radius 2 is 1.93 bits per heavy atom. The molecule has 1 aliphatic heterocycles. The molecule has 0 atom stereocenters. The number of nitrogens with one attached hydrogen (secondary N) is 1. The average molecular weight is 381 g/mol. The van der Waals surface area contributed by atoms with Gasteiger partial charge in [-0.15, -0.1) is 0 Å². The molecule has 3 heterocycles. The van der Waals surface area contributed by atoms with Crippen molar-refractivity contribution in [2.75, 3.05) is 31.1 Å². The van der Waals surface area contributed by atoms with E-state index in [1.807, 2.05) is 53.7 Å². The van der Waals surface area contributed by atoms with Gasteiger partial charge in [-0.25, -0.2) is 4.98 Å². The summed E-state index contributed by atoms with van der Waals surface area (Å²) < 4.78 is 0. The number of piperazine rings is 1. The van der Waals surface area contributed by atoms with Gasteiger partial charge >= 0.3 is 0 Å². The fourth-order valence-corrected chi connectivity index (χ4v) is 4.37. The first kappa shape index (κ1) is 16.6. The third-order valence-electron chi connectivity index (χ3n) is 5.86. The van der Waals surface area contributed by atoms with E-state index in [0.717, 1.165) is 61.3 Å². The zero-order valence-corrected chi connectivity index (χ0v) is 15.7. The lowest BCUT2D eigenvalue weighted by atomic mass is 9.93. The van der Waals surface area contributed by atoms with E-state index in [4.69, 9.17) is 11.6 Å². The SMILES string of the molecule is O=C(N1CCN(c2ccccn2)CC1)C1(c2c[nH]c3ccc(Cl)cc23)CC1. The molecule has 1 saturated heterocycles. The highest BCUT2D eigenvalue weighted by molar-refractivity contribution is 6.31. The van der Waals surface area contributed by atoms with Crippen LogP contribution in [-0.4, -0.2) is 47.0 Å². The summed E-state index contributed by atoms with van der Waals surface area (Å²) in [6.45, 7) is 3.11. The molecule has 1 aliphatic carbocycles. The van der Waals surface area contributed by atoms with Crippen LogP contribution in [0.1, 0.15) is 18.4 Å². The van der Waals surface area contributed by atoms with Gasteiger partial charge < -0.3 is 14.8 Å². The van der Waals surface area contributed by atoms with Crippen molar-refractivity contribution in [3.05, 3.63) is 59.4 Å². The molecule has 2 fully saturated rings. The second-order valence-electron chi connectivity index (χ2n) is 7.44. The molecule has 27 heavy (non-hydrogen) atoms. The number of hydrogen-bond acceptors (Lipinski definition) is 3. The zero-order valence-electron chi connectivity index (χ0n) is 15.0. The van der Waals surface area contributed by atoms with Crippen molar-refractivity contribution in [1.82, 2.24) is 14.9 Å². The number of benzene rings is 1. The number of carbonyl (C=O) groups is 1. The molecular weight excluding hydrogens is 360 g/mol. The highest BCUT2D eigenvalue weighted by Gasteiger charge is 2.54. The van der Waals surface area contributed by atoms with Gasteiger partial charge in [0.05, 0.1) is 5.41 Å². The van der Waals surface area contributed by atoms with Crippen molar-refractivity contribution >= 4 is 34.2 Å². The van der Waals surface area contributed by atoms with Crippen molar-refractivity contribution < 1.29 is 4.79 Å². The minimum Gasteiger partial charge on any atom is -0.361 e. The van der Waals surface area contributed by atoms with E-state index in [0.29, 0.717) is 5.02 Å². The molecule has 6 heteroatoms. The molecule has 5 rings (SSSR count). The highest BCUT2D eigenvalue weighted by Crippen LogP contribution is 2.52. The normalized spacial score (nSPS) is 18.7. The van der Waals surface area contributed by atoms with Gasteiger partial charge in [0.2, 0.25) is 5.91 Å². The van der Waals surface area contributed by atoms with Gasteiger partial charge in [0.1, 0.15) is 5.82 Å². The number of rotatable bonds is 3. The monoisotopic (exact) mass is 380 g/mol. The Kier molecular flexibility index (Phi) is 3.86. The van der Waals surface area contributed by atoms with E-state index in [1.54, 1.807) is 0 Å². The predicted molar refractivity (Wildman–Crippen MR) is 107 cm³/mol. The van der Waals surface area contributed by atoms with Gasteiger partial charge in [0.15, 0.2) is 0 Å². The first-order valence-electron chi connectivity index (χ1n) is 9.40. The molecule has 3 aromatic rings. The molecule has 0 radical (unpaired) electrons. The standard InChI is InChI=1S/C21H21ClN4O/c22-15-4-5-18-16(13-15)17(14-24-18)21(6-7-21)20(27)26-11-9-25(10-12-26)19-3-1-2-8-23-19/h1-5,8,13-14,24H,6-7,9-12H2. The van der Waals surface area contributed by atoms with Crippen molar-refractivity contribution in [2.45, 2.75) is 18.3 Å². The third kappa shape index (κ3) is 2.77. The Labute approximate surface area is 162 Å². The number of pyridine rings is 1. The maximum Gasteiger partial charge on any atom is 0.233 e. The molecule has 5 nitrogen and oxygen atoms in total. The van der Waals surface area contributed by atoms with Crippen LogP contribution in [0.2, 0.25) is 5.02 Å². The number of hydrogen-bond donors (Lipinski definition) is 1. The molecule has 138 valence electrons. The van der Waals surface area contributed by atoms with Gasteiger partial charge in [-0.1, -0.05) is 17.7 Å². The molecule has 0 spiro atoms. The van der Waals surface area contributed by atoms with Crippen LogP contribution >= 0.6 is 11.6 Å². The lowest BCUT2D eigenvalue weighted by Gasteiger charge is -2.37. The minimum atomic E-state index is -0.379. The third-order valence-corrected chi connectivity index (χ3v) is 6.09.